The maximum absolute atomic E-state index is 13.5. The zero-order chi connectivity index (χ0) is 21.8. The van der Waals surface area contributed by atoms with Gasteiger partial charge in [0.05, 0.1) is 12.6 Å². The Labute approximate surface area is 172 Å². The fraction of sp³-hybridized carbons (Fsp3) is 0.348. The minimum absolute atomic E-state index is 0.363. The summed E-state index contributed by atoms with van der Waals surface area (Å²) in [6.07, 6.45) is 0. The Morgan fingerprint density at radius 1 is 0.862 bits per heavy atom. The van der Waals surface area contributed by atoms with Crippen LogP contribution >= 0.6 is 0 Å². The first-order valence-electron chi connectivity index (χ1n) is 9.41. The smallest absolute Gasteiger partial charge is 0.327 e. The van der Waals surface area contributed by atoms with Gasteiger partial charge in [-0.2, -0.15) is 0 Å². The van der Waals surface area contributed by atoms with Crippen LogP contribution in [-0.4, -0.2) is 47.0 Å². The highest BCUT2D eigenvalue weighted by Crippen LogP contribution is 2.23. The number of esters is 1. The molecule has 6 nitrogen and oxygen atoms in total. The van der Waals surface area contributed by atoms with E-state index in [1.165, 1.54) is 17.1 Å². The third-order valence-corrected chi connectivity index (χ3v) is 4.30. The molecular weight excluding hydrogens is 368 g/mol. The van der Waals surface area contributed by atoms with Gasteiger partial charge in [0, 0.05) is 11.1 Å². The first kappa shape index (κ1) is 22.1. The van der Waals surface area contributed by atoms with E-state index >= 15 is 0 Å². The fourth-order valence-electron chi connectivity index (χ4n) is 3.15. The number of amides is 2. The van der Waals surface area contributed by atoms with E-state index in [2.05, 4.69) is 0 Å². The minimum Gasteiger partial charge on any atom is -0.468 e. The molecule has 0 aliphatic heterocycles. The van der Waals surface area contributed by atoms with Crippen LogP contribution in [0.25, 0.3) is 0 Å². The van der Waals surface area contributed by atoms with E-state index in [1.54, 1.807) is 42.5 Å². The number of hydrogen-bond acceptors (Lipinski definition) is 4. The molecular formula is C23H28N2O4. The second kappa shape index (κ2) is 8.90. The van der Waals surface area contributed by atoms with Crippen molar-refractivity contribution in [2.24, 2.45) is 0 Å². The summed E-state index contributed by atoms with van der Waals surface area (Å²) in [5.41, 5.74) is 1.94. The summed E-state index contributed by atoms with van der Waals surface area (Å²) in [5.74, 6) is -1.43. The lowest BCUT2D eigenvalue weighted by molar-refractivity contribution is -0.145. The molecule has 2 rings (SSSR count). The second-order valence-electron chi connectivity index (χ2n) is 7.97. The molecule has 0 N–H and O–H groups in total. The summed E-state index contributed by atoms with van der Waals surface area (Å²) in [7, 11) is 1.25. The van der Waals surface area contributed by atoms with Crippen LogP contribution in [0, 0.1) is 13.8 Å². The number of carbonyl (C=O) groups excluding carboxylic acids is 3. The summed E-state index contributed by atoms with van der Waals surface area (Å²) in [4.78, 5) is 38.9. The summed E-state index contributed by atoms with van der Waals surface area (Å²) < 4.78 is 4.78. The quantitative estimate of drug-likeness (QED) is 0.583. The van der Waals surface area contributed by atoms with Crippen molar-refractivity contribution in [1.82, 2.24) is 10.0 Å². The highest BCUT2D eigenvalue weighted by Gasteiger charge is 2.37. The number of aryl methyl sites for hydroxylation is 2. The van der Waals surface area contributed by atoms with Crippen molar-refractivity contribution in [1.29, 1.82) is 0 Å². The molecule has 0 atom stereocenters. The number of ether oxygens (including phenoxy) is 1. The van der Waals surface area contributed by atoms with Gasteiger partial charge in [-0.05, 0) is 58.9 Å². The van der Waals surface area contributed by atoms with Gasteiger partial charge in [-0.15, -0.1) is 0 Å². The first-order chi connectivity index (χ1) is 13.5. The molecule has 0 saturated heterocycles. The van der Waals surface area contributed by atoms with Gasteiger partial charge in [0.2, 0.25) is 0 Å². The number of hydrazine groups is 1. The molecule has 6 heteroatoms. The van der Waals surface area contributed by atoms with Gasteiger partial charge in [-0.25, -0.2) is 10.0 Å². The third-order valence-electron chi connectivity index (χ3n) is 4.30. The van der Waals surface area contributed by atoms with Gasteiger partial charge in [0.15, 0.2) is 0 Å². The van der Waals surface area contributed by atoms with E-state index in [0.717, 1.165) is 11.1 Å². The van der Waals surface area contributed by atoms with E-state index in [-0.39, 0.29) is 12.5 Å². The van der Waals surface area contributed by atoms with Gasteiger partial charge in [0.1, 0.15) is 6.54 Å². The van der Waals surface area contributed by atoms with Gasteiger partial charge in [-0.3, -0.25) is 14.4 Å². The van der Waals surface area contributed by atoms with Crippen LogP contribution in [0.3, 0.4) is 0 Å². The topological polar surface area (TPSA) is 66.9 Å². The Hall–Kier alpha value is -3.15. The van der Waals surface area contributed by atoms with E-state index in [1.807, 2.05) is 40.7 Å². The molecule has 0 heterocycles. The summed E-state index contributed by atoms with van der Waals surface area (Å²) in [5, 5.41) is 2.51. The van der Waals surface area contributed by atoms with E-state index < -0.39 is 17.4 Å². The lowest BCUT2D eigenvalue weighted by atomic mass is 10.0. The molecule has 0 fully saturated rings. The van der Waals surface area contributed by atoms with Crippen molar-refractivity contribution in [3.63, 3.8) is 0 Å². The number of nitrogens with zero attached hydrogens (tertiary/aromatic N) is 2. The molecule has 0 aromatic heterocycles. The van der Waals surface area contributed by atoms with Gasteiger partial charge in [-0.1, -0.05) is 35.4 Å². The Kier molecular flexibility index (Phi) is 6.80. The molecule has 0 radical (unpaired) electrons. The van der Waals surface area contributed by atoms with Crippen LogP contribution in [0.15, 0.2) is 48.5 Å². The maximum atomic E-state index is 13.5. The Morgan fingerprint density at radius 3 is 1.90 bits per heavy atom. The number of methoxy groups -OCH3 is 1. The van der Waals surface area contributed by atoms with Crippen molar-refractivity contribution in [3.05, 3.63) is 70.8 Å². The zero-order valence-electron chi connectivity index (χ0n) is 17.9. The van der Waals surface area contributed by atoms with Crippen molar-refractivity contribution in [3.8, 4) is 0 Å². The van der Waals surface area contributed by atoms with E-state index in [4.69, 9.17) is 4.74 Å². The molecule has 0 bridgehead atoms. The summed E-state index contributed by atoms with van der Waals surface area (Å²) in [6.45, 7) is 8.89. The van der Waals surface area contributed by atoms with E-state index in [9.17, 15) is 14.4 Å². The molecule has 2 aromatic carbocycles. The average Bonchev–Trinajstić information content (AvgIpc) is 2.65. The molecule has 154 valence electrons. The minimum atomic E-state index is -0.771. The summed E-state index contributed by atoms with van der Waals surface area (Å²) >= 11 is 0. The predicted molar refractivity (Wildman–Crippen MR) is 111 cm³/mol. The van der Waals surface area contributed by atoms with Crippen LogP contribution in [0.4, 0.5) is 0 Å². The van der Waals surface area contributed by atoms with Gasteiger partial charge < -0.3 is 4.74 Å². The van der Waals surface area contributed by atoms with Crippen molar-refractivity contribution in [2.45, 2.75) is 40.2 Å². The number of benzene rings is 2. The average molecular weight is 396 g/mol. The van der Waals surface area contributed by atoms with Crippen molar-refractivity contribution in [2.75, 3.05) is 13.7 Å². The highest BCUT2D eigenvalue weighted by atomic mass is 16.5. The highest BCUT2D eigenvalue weighted by molar-refractivity contribution is 6.00. The lowest BCUT2D eigenvalue weighted by Crippen LogP contribution is -2.59. The largest absolute Gasteiger partial charge is 0.468 e. The number of hydrogen-bond donors (Lipinski definition) is 0. The standard InChI is InChI=1S/C23H28N2O4/c1-16-12-17(2)14-19(13-16)22(28)25(23(3,4)5)24(15-20(26)29-6)21(27)18-10-8-7-9-11-18/h7-14H,15H2,1-6H3. The zero-order valence-corrected chi connectivity index (χ0v) is 17.9. The predicted octanol–water partition coefficient (Wildman–Crippen LogP) is 3.77. The van der Waals surface area contributed by atoms with Crippen LogP contribution in [0.5, 0.6) is 0 Å². The van der Waals surface area contributed by atoms with Crippen LogP contribution < -0.4 is 0 Å². The normalized spacial score (nSPS) is 11.0. The van der Waals surface area contributed by atoms with E-state index in [0.29, 0.717) is 11.1 Å². The van der Waals surface area contributed by atoms with Gasteiger partial charge >= 0.3 is 5.97 Å². The third kappa shape index (κ3) is 5.44. The Balaban J connectivity index is 2.57. The van der Waals surface area contributed by atoms with Gasteiger partial charge in [0.25, 0.3) is 11.8 Å². The number of rotatable bonds is 4. The molecule has 2 amide bonds. The lowest BCUT2D eigenvalue weighted by Gasteiger charge is -2.43. The molecule has 0 aliphatic carbocycles. The first-order valence-corrected chi connectivity index (χ1v) is 9.41. The Morgan fingerprint density at radius 2 is 1.41 bits per heavy atom. The SMILES string of the molecule is COC(=O)CN(C(=O)c1ccccc1)N(C(=O)c1cc(C)cc(C)c1)C(C)(C)C. The summed E-state index contributed by atoms with van der Waals surface area (Å²) in [6, 6.07) is 14.1. The van der Waals surface area contributed by atoms with Crippen molar-refractivity contribution >= 4 is 17.8 Å². The van der Waals surface area contributed by atoms with Crippen LogP contribution in [0.2, 0.25) is 0 Å². The molecule has 0 spiro atoms. The molecule has 29 heavy (non-hydrogen) atoms. The van der Waals surface area contributed by atoms with Crippen LogP contribution in [0.1, 0.15) is 52.6 Å². The van der Waals surface area contributed by atoms with Crippen molar-refractivity contribution < 1.29 is 19.1 Å². The molecule has 2 aromatic rings. The van der Waals surface area contributed by atoms with Crippen LogP contribution in [-0.2, 0) is 9.53 Å². The molecule has 0 saturated carbocycles. The fourth-order valence-corrected chi connectivity index (χ4v) is 3.15. The monoisotopic (exact) mass is 396 g/mol. The second-order valence-corrected chi connectivity index (χ2v) is 7.97. The molecule has 0 unspecified atom stereocenters. The number of carbonyl (C=O) groups is 3. The molecule has 0 aliphatic rings. The Bertz CT molecular complexity index is 881. The maximum Gasteiger partial charge on any atom is 0.327 e.